The van der Waals surface area contributed by atoms with Gasteiger partial charge in [0.2, 0.25) is 0 Å². The van der Waals surface area contributed by atoms with Gasteiger partial charge in [-0.25, -0.2) is 0 Å². The largest absolute Gasteiger partial charge is 0.370 e. The normalized spacial score (nSPS) is 17.3. The molecule has 2 rings (SSSR count). The Kier molecular flexibility index (Phi) is 6.72. The molecule has 1 aromatic rings. The molecular formula is C18H30N4. The van der Waals surface area contributed by atoms with Crippen molar-refractivity contribution in [2.75, 3.05) is 31.5 Å². The SMILES string of the molecule is Cc1cc(C)cc(NC(N)=NCCCN2CCCCCC2)c1. The quantitative estimate of drug-likeness (QED) is 0.498. The number of benzene rings is 1. The summed E-state index contributed by atoms with van der Waals surface area (Å²) in [7, 11) is 0. The van der Waals surface area contributed by atoms with Crippen molar-refractivity contribution in [2.45, 2.75) is 46.0 Å². The van der Waals surface area contributed by atoms with Gasteiger partial charge in [-0.15, -0.1) is 0 Å². The van der Waals surface area contributed by atoms with E-state index in [4.69, 9.17) is 5.73 Å². The zero-order valence-corrected chi connectivity index (χ0v) is 14.1. The third-order valence-corrected chi connectivity index (χ3v) is 4.11. The number of hydrogen-bond donors (Lipinski definition) is 2. The van der Waals surface area contributed by atoms with E-state index in [9.17, 15) is 0 Å². The van der Waals surface area contributed by atoms with Gasteiger partial charge in [0.1, 0.15) is 0 Å². The van der Waals surface area contributed by atoms with E-state index in [0.29, 0.717) is 5.96 Å². The molecule has 0 spiro atoms. The minimum atomic E-state index is 0.515. The molecular weight excluding hydrogens is 272 g/mol. The number of nitrogens with one attached hydrogen (secondary N) is 1. The molecule has 0 bridgehead atoms. The number of hydrogen-bond acceptors (Lipinski definition) is 2. The van der Waals surface area contributed by atoms with E-state index in [1.807, 2.05) is 0 Å². The van der Waals surface area contributed by atoms with E-state index in [0.717, 1.165) is 25.2 Å². The Morgan fingerprint density at radius 3 is 2.36 bits per heavy atom. The number of guanidine groups is 1. The van der Waals surface area contributed by atoms with E-state index >= 15 is 0 Å². The van der Waals surface area contributed by atoms with E-state index in [2.05, 4.69) is 47.3 Å². The second-order valence-corrected chi connectivity index (χ2v) is 6.38. The average molecular weight is 302 g/mol. The molecule has 0 unspecified atom stereocenters. The first-order chi connectivity index (χ1) is 10.6. The topological polar surface area (TPSA) is 53.6 Å². The highest BCUT2D eigenvalue weighted by atomic mass is 15.1. The van der Waals surface area contributed by atoms with Gasteiger partial charge in [0.15, 0.2) is 5.96 Å². The van der Waals surface area contributed by atoms with Crippen LogP contribution in [0.2, 0.25) is 0 Å². The lowest BCUT2D eigenvalue weighted by molar-refractivity contribution is 0.283. The summed E-state index contributed by atoms with van der Waals surface area (Å²) >= 11 is 0. The zero-order chi connectivity index (χ0) is 15.8. The van der Waals surface area contributed by atoms with Crippen LogP contribution in [0.1, 0.15) is 43.2 Å². The van der Waals surface area contributed by atoms with Crippen molar-refractivity contribution in [1.82, 2.24) is 4.90 Å². The molecule has 4 nitrogen and oxygen atoms in total. The summed E-state index contributed by atoms with van der Waals surface area (Å²) in [6.45, 7) is 8.61. The molecule has 0 aliphatic carbocycles. The Labute approximate surface area is 134 Å². The minimum absolute atomic E-state index is 0.515. The monoisotopic (exact) mass is 302 g/mol. The summed E-state index contributed by atoms with van der Waals surface area (Å²) in [4.78, 5) is 7.01. The first kappa shape index (κ1) is 16.8. The van der Waals surface area contributed by atoms with Crippen molar-refractivity contribution < 1.29 is 0 Å². The van der Waals surface area contributed by atoms with E-state index in [1.54, 1.807) is 0 Å². The molecule has 1 heterocycles. The third-order valence-electron chi connectivity index (χ3n) is 4.11. The van der Waals surface area contributed by atoms with Crippen LogP contribution in [0.3, 0.4) is 0 Å². The lowest BCUT2D eigenvalue weighted by Gasteiger charge is -2.18. The van der Waals surface area contributed by atoms with Gasteiger partial charge in [-0.3, -0.25) is 4.99 Å². The van der Waals surface area contributed by atoms with Crippen molar-refractivity contribution in [2.24, 2.45) is 10.7 Å². The molecule has 0 atom stereocenters. The smallest absolute Gasteiger partial charge is 0.193 e. The maximum absolute atomic E-state index is 5.98. The van der Waals surface area contributed by atoms with Gasteiger partial charge in [-0.1, -0.05) is 18.9 Å². The molecule has 0 amide bonds. The summed E-state index contributed by atoms with van der Waals surface area (Å²) in [5, 5.41) is 3.19. The molecule has 1 aromatic carbocycles. The fraction of sp³-hybridized carbons (Fsp3) is 0.611. The fourth-order valence-electron chi connectivity index (χ4n) is 3.09. The first-order valence-electron chi connectivity index (χ1n) is 8.51. The maximum atomic E-state index is 5.98. The Hall–Kier alpha value is -1.55. The molecule has 22 heavy (non-hydrogen) atoms. The molecule has 4 heteroatoms. The van der Waals surface area contributed by atoms with E-state index in [-0.39, 0.29) is 0 Å². The Morgan fingerprint density at radius 1 is 1.09 bits per heavy atom. The lowest BCUT2D eigenvalue weighted by Crippen LogP contribution is -2.27. The van der Waals surface area contributed by atoms with Crippen LogP contribution in [0.25, 0.3) is 0 Å². The van der Waals surface area contributed by atoms with Crippen LogP contribution in [0.15, 0.2) is 23.2 Å². The van der Waals surface area contributed by atoms with Crippen LogP contribution < -0.4 is 11.1 Å². The van der Waals surface area contributed by atoms with Crippen molar-refractivity contribution in [3.05, 3.63) is 29.3 Å². The van der Waals surface area contributed by atoms with Gasteiger partial charge in [0.05, 0.1) is 0 Å². The highest BCUT2D eigenvalue weighted by Gasteiger charge is 2.07. The van der Waals surface area contributed by atoms with E-state index in [1.165, 1.54) is 49.9 Å². The van der Waals surface area contributed by atoms with Crippen LogP contribution in [0, 0.1) is 13.8 Å². The van der Waals surface area contributed by atoms with Gasteiger partial charge in [-0.2, -0.15) is 0 Å². The van der Waals surface area contributed by atoms with Crippen LogP contribution in [0.5, 0.6) is 0 Å². The van der Waals surface area contributed by atoms with Gasteiger partial charge in [0, 0.05) is 12.2 Å². The Bertz CT molecular complexity index is 468. The second-order valence-electron chi connectivity index (χ2n) is 6.38. The number of anilines is 1. The first-order valence-corrected chi connectivity index (χ1v) is 8.51. The number of aryl methyl sites for hydroxylation is 2. The highest BCUT2D eigenvalue weighted by molar-refractivity contribution is 5.92. The number of likely N-dealkylation sites (tertiary alicyclic amines) is 1. The van der Waals surface area contributed by atoms with Gasteiger partial charge in [-0.05, 0) is 76.0 Å². The highest BCUT2D eigenvalue weighted by Crippen LogP contribution is 2.13. The van der Waals surface area contributed by atoms with Crippen molar-refractivity contribution in [1.29, 1.82) is 0 Å². The molecule has 1 saturated heterocycles. The Morgan fingerprint density at radius 2 is 1.73 bits per heavy atom. The summed E-state index contributed by atoms with van der Waals surface area (Å²) in [5.41, 5.74) is 9.46. The molecule has 0 radical (unpaired) electrons. The number of nitrogens with zero attached hydrogens (tertiary/aromatic N) is 2. The molecule has 0 saturated carbocycles. The lowest BCUT2D eigenvalue weighted by atomic mass is 10.1. The predicted octanol–water partition coefficient (Wildman–Crippen LogP) is 3.30. The third kappa shape index (κ3) is 6.06. The molecule has 1 fully saturated rings. The summed E-state index contributed by atoms with van der Waals surface area (Å²) in [6, 6.07) is 6.33. The van der Waals surface area contributed by atoms with Gasteiger partial charge < -0.3 is 16.0 Å². The maximum Gasteiger partial charge on any atom is 0.193 e. The summed E-state index contributed by atoms with van der Waals surface area (Å²) in [6.07, 6.45) is 6.55. The Balaban J connectivity index is 1.72. The number of rotatable bonds is 5. The van der Waals surface area contributed by atoms with Gasteiger partial charge >= 0.3 is 0 Å². The zero-order valence-electron chi connectivity index (χ0n) is 14.1. The molecule has 3 N–H and O–H groups in total. The minimum Gasteiger partial charge on any atom is -0.370 e. The van der Waals surface area contributed by atoms with E-state index < -0.39 is 0 Å². The van der Waals surface area contributed by atoms with Crippen molar-refractivity contribution in [3.63, 3.8) is 0 Å². The molecule has 122 valence electrons. The molecule has 1 aliphatic heterocycles. The van der Waals surface area contributed by atoms with Crippen molar-refractivity contribution in [3.8, 4) is 0 Å². The predicted molar refractivity (Wildman–Crippen MR) is 95.6 cm³/mol. The molecule has 0 aromatic heterocycles. The van der Waals surface area contributed by atoms with Crippen LogP contribution in [-0.4, -0.2) is 37.0 Å². The average Bonchev–Trinajstić information content (AvgIpc) is 2.71. The molecule has 1 aliphatic rings. The van der Waals surface area contributed by atoms with Crippen LogP contribution in [-0.2, 0) is 0 Å². The van der Waals surface area contributed by atoms with Crippen LogP contribution in [0.4, 0.5) is 5.69 Å². The van der Waals surface area contributed by atoms with Crippen molar-refractivity contribution >= 4 is 11.6 Å². The summed E-state index contributed by atoms with van der Waals surface area (Å²) in [5.74, 6) is 0.515. The second kappa shape index (κ2) is 8.79. The fourth-order valence-corrected chi connectivity index (χ4v) is 3.09. The number of nitrogens with two attached hydrogens (primary N) is 1. The summed E-state index contributed by atoms with van der Waals surface area (Å²) < 4.78 is 0. The number of aliphatic imine (C=N–C) groups is 1. The standard InChI is InChI=1S/C18H30N4/c1-15-12-16(2)14-17(13-15)21-18(19)20-8-7-11-22-9-5-3-4-6-10-22/h12-14H,3-11H2,1-2H3,(H3,19,20,21). The van der Waals surface area contributed by atoms with Crippen LogP contribution >= 0.6 is 0 Å². The van der Waals surface area contributed by atoms with Gasteiger partial charge in [0.25, 0.3) is 0 Å².